The van der Waals surface area contributed by atoms with Crippen molar-refractivity contribution in [2.75, 3.05) is 26.2 Å². The predicted octanol–water partition coefficient (Wildman–Crippen LogP) is -1.92. The van der Waals surface area contributed by atoms with E-state index in [4.69, 9.17) is 15.9 Å². The standard InChI is InChI=1S/C8H18N2O3/c9-8(13)1-3-10(4-2-8)5-7(12)6-11/h7,11-13H,1-6,9H2/t7-/m1/s1. The molecule has 0 saturated carbocycles. The van der Waals surface area contributed by atoms with Crippen molar-refractivity contribution in [2.45, 2.75) is 24.7 Å². The fourth-order valence-corrected chi connectivity index (χ4v) is 1.48. The zero-order valence-corrected chi connectivity index (χ0v) is 7.69. The average molecular weight is 190 g/mol. The molecular weight excluding hydrogens is 172 g/mol. The molecule has 78 valence electrons. The lowest BCUT2D eigenvalue weighted by atomic mass is 10.0. The molecule has 1 saturated heterocycles. The summed E-state index contributed by atoms with van der Waals surface area (Å²) in [5.74, 6) is 0. The second-order valence-electron chi connectivity index (χ2n) is 3.74. The average Bonchev–Trinajstić information content (AvgIpc) is 2.08. The molecule has 5 nitrogen and oxygen atoms in total. The summed E-state index contributed by atoms with van der Waals surface area (Å²) in [7, 11) is 0. The van der Waals surface area contributed by atoms with Gasteiger partial charge in [0, 0.05) is 32.5 Å². The fourth-order valence-electron chi connectivity index (χ4n) is 1.48. The van der Waals surface area contributed by atoms with Crippen molar-refractivity contribution in [2.24, 2.45) is 5.73 Å². The number of hydrogen-bond acceptors (Lipinski definition) is 5. The van der Waals surface area contributed by atoms with Crippen LogP contribution in [0, 0.1) is 0 Å². The first-order valence-corrected chi connectivity index (χ1v) is 4.56. The molecule has 0 aliphatic carbocycles. The van der Waals surface area contributed by atoms with Gasteiger partial charge in [-0.3, -0.25) is 0 Å². The maximum atomic E-state index is 9.42. The van der Waals surface area contributed by atoms with Crippen molar-refractivity contribution >= 4 is 0 Å². The number of likely N-dealkylation sites (tertiary alicyclic amines) is 1. The molecule has 1 atom stereocenters. The lowest BCUT2D eigenvalue weighted by Crippen LogP contribution is -2.51. The third kappa shape index (κ3) is 3.58. The van der Waals surface area contributed by atoms with Gasteiger partial charge in [-0.1, -0.05) is 0 Å². The monoisotopic (exact) mass is 190 g/mol. The van der Waals surface area contributed by atoms with Gasteiger partial charge >= 0.3 is 0 Å². The Labute approximate surface area is 77.8 Å². The van der Waals surface area contributed by atoms with E-state index in [0.717, 1.165) is 0 Å². The SMILES string of the molecule is NC1(O)CCN(C[C@@H](O)CO)CC1. The second-order valence-corrected chi connectivity index (χ2v) is 3.74. The van der Waals surface area contributed by atoms with Gasteiger partial charge in [-0.25, -0.2) is 0 Å². The number of hydrogen-bond donors (Lipinski definition) is 4. The van der Waals surface area contributed by atoms with Crippen LogP contribution in [0.5, 0.6) is 0 Å². The van der Waals surface area contributed by atoms with Crippen LogP contribution in [0.2, 0.25) is 0 Å². The number of nitrogens with zero attached hydrogens (tertiary/aromatic N) is 1. The molecule has 5 heteroatoms. The van der Waals surface area contributed by atoms with Crippen LogP contribution in [0.4, 0.5) is 0 Å². The summed E-state index contributed by atoms with van der Waals surface area (Å²) in [5.41, 5.74) is 4.48. The van der Waals surface area contributed by atoms with Crippen LogP contribution in [-0.2, 0) is 0 Å². The minimum absolute atomic E-state index is 0.219. The number of nitrogens with two attached hydrogens (primary N) is 1. The van der Waals surface area contributed by atoms with E-state index in [0.29, 0.717) is 32.5 Å². The van der Waals surface area contributed by atoms with E-state index >= 15 is 0 Å². The number of aliphatic hydroxyl groups excluding tert-OH is 2. The van der Waals surface area contributed by atoms with E-state index in [-0.39, 0.29) is 6.61 Å². The van der Waals surface area contributed by atoms with Crippen LogP contribution in [0.15, 0.2) is 0 Å². The van der Waals surface area contributed by atoms with Gasteiger partial charge in [0.1, 0.15) is 5.72 Å². The van der Waals surface area contributed by atoms with Gasteiger partial charge in [0.25, 0.3) is 0 Å². The van der Waals surface area contributed by atoms with Gasteiger partial charge in [-0.15, -0.1) is 0 Å². The van der Waals surface area contributed by atoms with Crippen LogP contribution in [0.3, 0.4) is 0 Å². The van der Waals surface area contributed by atoms with Crippen LogP contribution in [0.1, 0.15) is 12.8 Å². The minimum atomic E-state index is -1.04. The Morgan fingerprint density at radius 1 is 1.38 bits per heavy atom. The number of piperidine rings is 1. The maximum Gasteiger partial charge on any atom is 0.116 e. The molecule has 0 unspecified atom stereocenters. The van der Waals surface area contributed by atoms with Gasteiger partial charge in [-0.2, -0.15) is 0 Å². The molecule has 1 aliphatic rings. The lowest BCUT2D eigenvalue weighted by molar-refractivity contribution is -0.0296. The highest BCUT2D eigenvalue weighted by Crippen LogP contribution is 2.16. The first kappa shape index (κ1) is 10.9. The molecule has 0 aromatic heterocycles. The number of β-amino-alcohol motifs (C(OH)–C–C–N with tert-alkyl or cyclic N) is 1. The Hall–Kier alpha value is -0.200. The van der Waals surface area contributed by atoms with Gasteiger partial charge in [0.15, 0.2) is 0 Å². The molecule has 0 amide bonds. The Kier molecular flexibility index (Phi) is 3.63. The molecule has 0 aromatic rings. The highest BCUT2D eigenvalue weighted by Gasteiger charge is 2.28. The Bertz CT molecular complexity index is 153. The van der Waals surface area contributed by atoms with Gasteiger partial charge in [0.2, 0.25) is 0 Å². The summed E-state index contributed by atoms with van der Waals surface area (Å²) in [6.45, 7) is 1.57. The number of aliphatic hydroxyl groups is 3. The lowest BCUT2D eigenvalue weighted by Gasteiger charge is -2.36. The summed E-state index contributed by atoms with van der Waals surface area (Å²) >= 11 is 0. The van der Waals surface area contributed by atoms with E-state index < -0.39 is 11.8 Å². The van der Waals surface area contributed by atoms with Gasteiger partial charge in [-0.05, 0) is 0 Å². The van der Waals surface area contributed by atoms with E-state index in [9.17, 15) is 5.11 Å². The van der Waals surface area contributed by atoms with Crippen LogP contribution < -0.4 is 5.73 Å². The van der Waals surface area contributed by atoms with Crippen molar-refractivity contribution in [3.05, 3.63) is 0 Å². The second kappa shape index (κ2) is 4.34. The molecule has 0 bridgehead atoms. The summed E-state index contributed by atoms with van der Waals surface area (Å²) in [5, 5.41) is 27.2. The highest BCUT2D eigenvalue weighted by molar-refractivity contribution is 4.81. The van der Waals surface area contributed by atoms with E-state index in [2.05, 4.69) is 0 Å². The van der Waals surface area contributed by atoms with Crippen molar-refractivity contribution in [3.63, 3.8) is 0 Å². The normalized spacial score (nSPS) is 25.8. The minimum Gasteiger partial charge on any atom is -0.394 e. The Morgan fingerprint density at radius 3 is 2.38 bits per heavy atom. The third-order valence-electron chi connectivity index (χ3n) is 2.40. The van der Waals surface area contributed by atoms with Crippen LogP contribution in [-0.4, -0.2) is 58.3 Å². The summed E-state index contributed by atoms with van der Waals surface area (Å²) < 4.78 is 0. The summed E-state index contributed by atoms with van der Waals surface area (Å²) in [4.78, 5) is 1.99. The van der Waals surface area contributed by atoms with Crippen LogP contribution >= 0.6 is 0 Å². The molecule has 1 aliphatic heterocycles. The zero-order chi connectivity index (χ0) is 9.90. The quantitative estimate of drug-likeness (QED) is 0.390. The molecule has 13 heavy (non-hydrogen) atoms. The third-order valence-corrected chi connectivity index (χ3v) is 2.40. The summed E-state index contributed by atoms with van der Waals surface area (Å²) in [6.07, 6.45) is 0.347. The molecule has 0 spiro atoms. The summed E-state index contributed by atoms with van der Waals surface area (Å²) in [6, 6.07) is 0. The van der Waals surface area contributed by atoms with Crippen molar-refractivity contribution in [1.82, 2.24) is 4.90 Å². The highest BCUT2D eigenvalue weighted by atomic mass is 16.3. The first-order chi connectivity index (χ1) is 6.03. The fraction of sp³-hybridized carbons (Fsp3) is 1.00. The maximum absolute atomic E-state index is 9.42. The molecule has 5 N–H and O–H groups in total. The van der Waals surface area contributed by atoms with Crippen LogP contribution in [0.25, 0.3) is 0 Å². The number of rotatable bonds is 3. The first-order valence-electron chi connectivity index (χ1n) is 4.56. The molecule has 0 radical (unpaired) electrons. The topological polar surface area (TPSA) is 90.0 Å². The van der Waals surface area contributed by atoms with Crippen molar-refractivity contribution in [1.29, 1.82) is 0 Å². The van der Waals surface area contributed by atoms with E-state index in [1.165, 1.54) is 0 Å². The zero-order valence-electron chi connectivity index (χ0n) is 7.69. The Morgan fingerprint density at radius 2 is 1.92 bits per heavy atom. The van der Waals surface area contributed by atoms with Crippen molar-refractivity contribution in [3.8, 4) is 0 Å². The van der Waals surface area contributed by atoms with Crippen molar-refractivity contribution < 1.29 is 15.3 Å². The smallest absolute Gasteiger partial charge is 0.116 e. The van der Waals surface area contributed by atoms with E-state index in [1.54, 1.807) is 0 Å². The van der Waals surface area contributed by atoms with Gasteiger partial charge in [0.05, 0.1) is 12.7 Å². The Balaban J connectivity index is 2.25. The predicted molar refractivity (Wildman–Crippen MR) is 47.9 cm³/mol. The molecule has 1 heterocycles. The molecule has 1 fully saturated rings. The largest absolute Gasteiger partial charge is 0.394 e. The van der Waals surface area contributed by atoms with E-state index in [1.807, 2.05) is 4.90 Å². The van der Waals surface area contributed by atoms with Gasteiger partial charge < -0.3 is 26.0 Å². The molecule has 0 aromatic carbocycles. The molecular formula is C8H18N2O3. The molecule has 1 rings (SSSR count).